The molecule has 2 heterocycles. The Hall–Kier alpha value is -2.21. The van der Waals surface area contributed by atoms with Gasteiger partial charge < -0.3 is 15.4 Å². The van der Waals surface area contributed by atoms with Gasteiger partial charge in [-0.1, -0.05) is 48.3 Å². The summed E-state index contributed by atoms with van der Waals surface area (Å²) in [7, 11) is 0. The molecule has 0 aliphatic carbocycles. The number of piperazine rings is 1. The number of benzene rings is 3. The first-order valence-corrected chi connectivity index (χ1v) is 10.3. The maximum absolute atomic E-state index is 6.29. The molecule has 1 atom stereocenters. The number of rotatable bonds is 3. The molecule has 138 valence electrons. The van der Waals surface area contributed by atoms with Crippen LogP contribution >= 0.6 is 11.9 Å². The number of nitrogens with one attached hydrogen (secondary N) is 2. The highest BCUT2D eigenvalue weighted by atomic mass is 32.2. The predicted molar refractivity (Wildman–Crippen MR) is 114 cm³/mol. The second-order valence-corrected chi connectivity index (χ2v) is 8.51. The van der Waals surface area contributed by atoms with Crippen LogP contribution in [0.2, 0.25) is 0 Å². The Kier molecular flexibility index (Phi) is 4.44. The second kappa shape index (κ2) is 7.08. The van der Waals surface area contributed by atoms with Crippen LogP contribution in [0.15, 0.2) is 54.6 Å². The summed E-state index contributed by atoms with van der Waals surface area (Å²) in [6.07, 6.45) is 0. The molecule has 1 unspecified atom stereocenters. The lowest BCUT2D eigenvalue weighted by molar-refractivity contribution is 0.395. The Bertz CT molecular complexity index is 984. The molecule has 2 N–H and O–H groups in total. The predicted octanol–water partition coefficient (Wildman–Crippen LogP) is 5.30. The molecular weight excluding hydrogens is 354 g/mol. The second-order valence-electron chi connectivity index (χ2n) is 7.07. The average Bonchev–Trinajstić information content (AvgIpc) is 2.72. The van der Waals surface area contributed by atoms with Crippen LogP contribution in [-0.2, 0) is 0 Å². The van der Waals surface area contributed by atoms with E-state index in [-0.39, 0.29) is 0 Å². The molecule has 2 aliphatic heterocycles. The van der Waals surface area contributed by atoms with Gasteiger partial charge in [0, 0.05) is 36.8 Å². The Morgan fingerprint density at radius 3 is 2.74 bits per heavy atom. The summed E-state index contributed by atoms with van der Waals surface area (Å²) in [5.41, 5.74) is 3.39. The molecule has 0 saturated carbocycles. The van der Waals surface area contributed by atoms with E-state index >= 15 is 0 Å². The summed E-state index contributed by atoms with van der Waals surface area (Å²) in [5, 5.41) is 9.73. The summed E-state index contributed by atoms with van der Waals surface area (Å²) >= 11 is 1.94. The van der Waals surface area contributed by atoms with Crippen molar-refractivity contribution in [2.45, 2.75) is 12.2 Å². The molecular formula is C22H23N3OS. The SMILES string of the molecule is CC(SN1CCNCC1)c1ccc2c(c1)Nc1ccc3ccccc3c1O2. The fourth-order valence-electron chi connectivity index (χ4n) is 3.73. The molecule has 4 nitrogen and oxygen atoms in total. The van der Waals surface area contributed by atoms with E-state index < -0.39 is 0 Å². The summed E-state index contributed by atoms with van der Waals surface area (Å²) < 4.78 is 8.75. The lowest BCUT2D eigenvalue weighted by Gasteiger charge is -2.29. The summed E-state index contributed by atoms with van der Waals surface area (Å²) in [5.74, 6) is 1.80. The van der Waals surface area contributed by atoms with Gasteiger partial charge in [0.15, 0.2) is 11.5 Å². The number of hydrogen-bond acceptors (Lipinski definition) is 5. The van der Waals surface area contributed by atoms with Gasteiger partial charge in [0.2, 0.25) is 0 Å². The Balaban J connectivity index is 1.41. The van der Waals surface area contributed by atoms with Crippen molar-refractivity contribution in [3.63, 3.8) is 0 Å². The van der Waals surface area contributed by atoms with Crippen LogP contribution in [0.4, 0.5) is 11.4 Å². The number of hydrogen-bond donors (Lipinski definition) is 2. The zero-order chi connectivity index (χ0) is 18.2. The van der Waals surface area contributed by atoms with Crippen LogP contribution in [-0.4, -0.2) is 30.5 Å². The Morgan fingerprint density at radius 1 is 1.00 bits per heavy atom. The van der Waals surface area contributed by atoms with Crippen molar-refractivity contribution in [2.24, 2.45) is 0 Å². The van der Waals surface area contributed by atoms with Crippen LogP contribution < -0.4 is 15.4 Å². The smallest absolute Gasteiger partial charge is 0.158 e. The summed E-state index contributed by atoms with van der Waals surface area (Å²) in [6, 6.07) is 19.1. The Morgan fingerprint density at radius 2 is 1.85 bits per heavy atom. The van der Waals surface area contributed by atoms with E-state index in [1.54, 1.807) is 0 Å². The lowest BCUT2D eigenvalue weighted by atomic mass is 10.1. The van der Waals surface area contributed by atoms with E-state index in [9.17, 15) is 0 Å². The number of nitrogens with zero attached hydrogens (tertiary/aromatic N) is 1. The van der Waals surface area contributed by atoms with Gasteiger partial charge >= 0.3 is 0 Å². The van der Waals surface area contributed by atoms with Crippen molar-refractivity contribution in [3.05, 3.63) is 60.2 Å². The van der Waals surface area contributed by atoms with Crippen LogP contribution in [0.25, 0.3) is 10.8 Å². The fraction of sp³-hybridized carbons (Fsp3) is 0.273. The molecule has 5 rings (SSSR count). The molecule has 3 aromatic rings. The van der Waals surface area contributed by atoms with E-state index in [4.69, 9.17) is 4.74 Å². The first-order valence-electron chi connectivity index (χ1n) is 9.51. The third kappa shape index (κ3) is 3.27. The molecule has 0 amide bonds. The minimum absolute atomic E-state index is 0.410. The number of fused-ring (bicyclic) bond motifs is 4. The van der Waals surface area contributed by atoms with Gasteiger partial charge in [-0.3, -0.25) is 0 Å². The van der Waals surface area contributed by atoms with E-state index in [1.807, 2.05) is 11.9 Å². The van der Waals surface area contributed by atoms with Gasteiger partial charge in [0.05, 0.1) is 11.4 Å². The molecule has 27 heavy (non-hydrogen) atoms. The third-order valence-corrected chi connectivity index (χ3v) is 6.47. The zero-order valence-corrected chi connectivity index (χ0v) is 16.2. The summed E-state index contributed by atoms with van der Waals surface area (Å²) in [6.45, 7) is 6.62. The number of anilines is 2. The van der Waals surface area contributed by atoms with Crippen molar-refractivity contribution in [1.82, 2.24) is 9.62 Å². The molecule has 1 fully saturated rings. The Labute approximate surface area is 164 Å². The van der Waals surface area contributed by atoms with Gasteiger partial charge in [-0.2, -0.15) is 0 Å². The van der Waals surface area contributed by atoms with Crippen molar-refractivity contribution in [3.8, 4) is 11.5 Å². The molecule has 2 aliphatic rings. The van der Waals surface area contributed by atoms with E-state index in [1.165, 1.54) is 10.9 Å². The average molecular weight is 378 g/mol. The van der Waals surface area contributed by atoms with Crippen molar-refractivity contribution in [1.29, 1.82) is 0 Å². The molecule has 5 heteroatoms. The molecule has 3 aromatic carbocycles. The van der Waals surface area contributed by atoms with Gasteiger partial charge in [-0.15, -0.1) is 0 Å². The zero-order valence-electron chi connectivity index (χ0n) is 15.4. The van der Waals surface area contributed by atoms with Crippen LogP contribution in [0.1, 0.15) is 17.7 Å². The van der Waals surface area contributed by atoms with Crippen molar-refractivity contribution < 1.29 is 4.74 Å². The normalized spacial score (nSPS) is 17.5. The van der Waals surface area contributed by atoms with Gasteiger partial charge in [0.25, 0.3) is 0 Å². The largest absolute Gasteiger partial charge is 0.452 e. The van der Waals surface area contributed by atoms with Gasteiger partial charge in [-0.05, 0) is 36.1 Å². The number of ether oxygens (including phenoxy) is 1. The van der Waals surface area contributed by atoms with Crippen molar-refractivity contribution >= 4 is 34.1 Å². The molecule has 0 aromatic heterocycles. The van der Waals surface area contributed by atoms with Crippen LogP contribution in [0.5, 0.6) is 11.5 Å². The lowest BCUT2D eigenvalue weighted by Crippen LogP contribution is -2.40. The molecule has 0 bridgehead atoms. The van der Waals surface area contributed by atoms with Gasteiger partial charge in [0.1, 0.15) is 0 Å². The summed E-state index contributed by atoms with van der Waals surface area (Å²) in [4.78, 5) is 0. The minimum Gasteiger partial charge on any atom is -0.452 e. The van der Waals surface area contributed by atoms with Crippen LogP contribution in [0.3, 0.4) is 0 Å². The van der Waals surface area contributed by atoms with E-state index in [2.05, 4.69) is 76.5 Å². The first kappa shape index (κ1) is 16.9. The fourth-order valence-corrected chi connectivity index (χ4v) is 4.84. The maximum atomic E-state index is 6.29. The van der Waals surface area contributed by atoms with Crippen LogP contribution in [0, 0.1) is 0 Å². The molecule has 1 saturated heterocycles. The van der Waals surface area contributed by atoms with Crippen molar-refractivity contribution in [2.75, 3.05) is 31.5 Å². The third-order valence-electron chi connectivity index (χ3n) is 5.22. The molecule has 0 radical (unpaired) electrons. The quantitative estimate of drug-likeness (QED) is 0.474. The minimum atomic E-state index is 0.410. The topological polar surface area (TPSA) is 36.5 Å². The first-order chi connectivity index (χ1) is 13.3. The highest BCUT2D eigenvalue weighted by Crippen LogP contribution is 2.47. The highest BCUT2D eigenvalue weighted by Gasteiger charge is 2.21. The maximum Gasteiger partial charge on any atom is 0.158 e. The molecule has 0 spiro atoms. The van der Waals surface area contributed by atoms with Gasteiger partial charge in [-0.25, -0.2) is 4.31 Å². The highest BCUT2D eigenvalue weighted by molar-refractivity contribution is 7.97. The van der Waals surface area contributed by atoms with E-state index in [0.717, 1.165) is 54.4 Å². The monoisotopic (exact) mass is 377 g/mol. The van der Waals surface area contributed by atoms with E-state index in [0.29, 0.717) is 5.25 Å². The standard InChI is InChI=1S/C22H23N3OS/c1-15(27-25-12-10-23-11-13-25)17-7-9-21-20(14-17)24-19-8-6-16-4-2-3-5-18(16)22(19)26-21/h2-9,14-15,23-24H,10-13H2,1H3.